The maximum atomic E-state index is 14.0. The standard InChI is InChI=1S/C34H40O6S2/c1-25-9-17-32(18-10-25)42(35,36)40-41(29-19-11-26(37-8)12-20-29,30-21-13-27(14-22-30)38-33(2,3)4)31-23-15-28(16-24-31)39-34(5,6)7/h9-24H,1-8H3. The summed E-state index contributed by atoms with van der Waals surface area (Å²) >= 11 is 0. The summed E-state index contributed by atoms with van der Waals surface area (Å²) in [4.78, 5) is 2.15. The number of hydrogen-bond acceptors (Lipinski definition) is 6. The van der Waals surface area contributed by atoms with E-state index in [4.69, 9.17) is 17.8 Å². The van der Waals surface area contributed by atoms with Crippen LogP contribution in [0.3, 0.4) is 0 Å². The van der Waals surface area contributed by atoms with Gasteiger partial charge in [0.2, 0.25) is 0 Å². The van der Waals surface area contributed by atoms with Crippen molar-refractivity contribution in [2.45, 2.75) is 79.3 Å². The lowest BCUT2D eigenvalue weighted by Gasteiger charge is -2.39. The van der Waals surface area contributed by atoms with Crippen molar-refractivity contribution in [3.63, 3.8) is 0 Å². The minimum atomic E-state index is -4.23. The van der Waals surface area contributed by atoms with E-state index in [0.29, 0.717) is 31.9 Å². The highest BCUT2D eigenvalue weighted by molar-refractivity contribution is 8.33. The zero-order valence-electron chi connectivity index (χ0n) is 25.5. The summed E-state index contributed by atoms with van der Waals surface area (Å²) in [6.07, 6.45) is 0. The average molecular weight is 609 g/mol. The second-order valence-electron chi connectivity index (χ2n) is 11.9. The average Bonchev–Trinajstić information content (AvgIpc) is 2.91. The van der Waals surface area contributed by atoms with E-state index >= 15 is 0 Å². The molecule has 0 unspecified atom stereocenters. The van der Waals surface area contributed by atoms with Crippen molar-refractivity contribution in [3.05, 3.63) is 103 Å². The number of rotatable bonds is 9. The van der Waals surface area contributed by atoms with Crippen LogP contribution in [0.15, 0.2) is 117 Å². The van der Waals surface area contributed by atoms with Crippen molar-refractivity contribution in [1.29, 1.82) is 0 Å². The highest BCUT2D eigenvalue weighted by Crippen LogP contribution is 2.70. The summed E-state index contributed by atoms with van der Waals surface area (Å²) in [6.45, 7) is 13.8. The van der Waals surface area contributed by atoms with E-state index in [9.17, 15) is 8.42 Å². The molecular weight excluding hydrogens is 569 g/mol. The van der Waals surface area contributed by atoms with Crippen LogP contribution in [-0.4, -0.2) is 26.7 Å². The molecule has 0 spiro atoms. The Morgan fingerprint density at radius 3 is 1.17 bits per heavy atom. The number of hydrogen-bond donors (Lipinski definition) is 0. The fraction of sp³-hybridized carbons (Fsp3) is 0.294. The molecule has 0 heterocycles. The molecule has 42 heavy (non-hydrogen) atoms. The zero-order valence-corrected chi connectivity index (χ0v) is 27.1. The SMILES string of the molecule is COc1ccc(S(OS(=O)(=O)c2ccc(C)cc2)(c2ccc(OC(C)(C)C)cc2)c2ccc(OC(C)(C)C)cc2)cc1. The van der Waals surface area contributed by atoms with Crippen molar-refractivity contribution >= 4 is 20.4 Å². The van der Waals surface area contributed by atoms with Gasteiger partial charge in [0.15, 0.2) is 0 Å². The van der Waals surface area contributed by atoms with Crippen molar-refractivity contribution in [2.24, 2.45) is 0 Å². The molecule has 4 rings (SSSR count). The van der Waals surface area contributed by atoms with Gasteiger partial charge in [-0.2, -0.15) is 8.42 Å². The zero-order chi connectivity index (χ0) is 30.8. The predicted molar refractivity (Wildman–Crippen MR) is 168 cm³/mol. The molecule has 0 N–H and O–H groups in total. The van der Waals surface area contributed by atoms with E-state index in [1.807, 2.05) is 121 Å². The molecule has 0 saturated carbocycles. The van der Waals surface area contributed by atoms with Gasteiger partial charge in [-0.3, -0.25) is 0 Å². The monoisotopic (exact) mass is 608 g/mol. The van der Waals surface area contributed by atoms with Crippen molar-refractivity contribution in [2.75, 3.05) is 7.11 Å². The largest absolute Gasteiger partial charge is 0.497 e. The third kappa shape index (κ3) is 7.48. The first-order chi connectivity index (χ1) is 19.6. The molecule has 8 heteroatoms. The van der Waals surface area contributed by atoms with Crippen LogP contribution in [0.4, 0.5) is 0 Å². The molecule has 0 radical (unpaired) electrons. The summed E-state index contributed by atoms with van der Waals surface area (Å²) in [5.41, 5.74) is 0.164. The Morgan fingerprint density at radius 1 is 0.500 bits per heavy atom. The van der Waals surface area contributed by atoms with Gasteiger partial charge in [-0.15, -0.1) is 0 Å². The molecule has 0 aromatic heterocycles. The van der Waals surface area contributed by atoms with E-state index in [1.54, 1.807) is 31.4 Å². The van der Waals surface area contributed by atoms with Crippen LogP contribution in [0.25, 0.3) is 0 Å². The van der Waals surface area contributed by atoms with E-state index < -0.39 is 31.6 Å². The van der Waals surface area contributed by atoms with E-state index in [0.717, 1.165) is 5.56 Å². The molecule has 0 aliphatic heterocycles. The fourth-order valence-electron chi connectivity index (χ4n) is 4.28. The van der Waals surface area contributed by atoms with E-state index in [-0.39, 0.29) is 4.90 Å². The highest BCUT2D eigenvalue weighted by Gasteiger charge is 2.38. The molecule has 0 bridgehead atoms. The Labute approximate surface area is 252 Å². The Morgan fingerprint density at radius 2 is 0.833 bits per heavy atom. The number of benzene rings is 4. The lowest BCUT2D eigenvalue weighted by atomic mass is 10.2. The van der Waals surface area contributed by atoms with Crippen LogP contribution < -0.4 is 14.2 Å². The lowest BCUT2D eigenvalue weighted by Crippen LogP contribution is -2.23. The first kappa shape index (κ1) is 31.5. The molecule has 0 fully saturated rings. The highest BCUT2D eigenvalue weighted by atomic mass is 32.3. The van der Waals surface area contributed by atoms with Gasteiger partial charge in [0.05, 0.1) is 12.0 Å². The summed E-state index contributed by atoms with van der Waals surface area (Å²) in [6, 6.07) is 28.9. The van der Waals surface area contributed by atoms with Gasteiger partial charge in [-0.05, 0) is 144 Å². The van der Waals surface area contributed by atoms with Crippen LogP contribution in [0, 0.1) is 6.92 Å². The number of ether oxygens (including phenoxy) is 3. The van der Waals surface area contributed by atoms with Gasteiger partial charge < -0.3 is 14.2 Å². The molecule has 6 nitrogen and oxygen atoms in total. The molecule has 4 aromatic rings. The summed E-state index contributed by atoms with van der Waals surface area (Å²) in [7, 11) is -5.49. The summed E-state index contributed by atoms with van der Waals surface area (Å²) in [5.74, 6) is 1.99. The van der Waals surface area contributed by atoms with Crippen molar-refractivity contribution in [1.82, 2.24) is 0 Å². The van der Waals surface area contributed by atoms with Gasteiger partial charge in [0.1, 0.15) is 28.5 Å². The second-order valence-corrected chi connectivity index (χ2v) is 16.4. The molecule has 0 aliphatic carbocycles. The molecule has 0 amide bonds. The van der Waals surface area contributed by atoms with Crippen LogP contribution in [0.2, 0.25) is 0 Å². The van der Waals surface area contributed by atoms with E-state index in [2.05, 4.69) is 0 Å². The number of aryl methyl sites for hydroxylation is 1. The van der Waals surface area contributed by atoms with Gasteiger partial charge >= 0.3 is 10.1 Å². The van der Waals surface area contributed by atoms with Gasteiger partial charge in [-0.25, -0.2) is 3.63 Å². The first-order valence-corrected chi connectivity index (χ1v) is 16.7. The molecule has 0 atom stereocenters. The predicted octanol–water partition coefficient (Wildman–Crippen LogP) is 8.96. The van der Waals surface area contributed by atoms with Crippen molar-refractivity contribution in [3.8, 4) is 17.2 Å². The minimum absolute atomic E-state index is 0.0823. The summed E-state index contributed by atoms with van der Waals surface area (Å²) in [5, 5.41) is 0. The fourth-order valence-corrected chi connectivity index (χ4v) is 9.45. The maximum absolute atomic E-state index is 14.0. The molecular formula is C34H40O6S2. The van der Waals surface area contributed by atoms with Gasteiger partial charge in [0.25, 0.3) is 0 Å². The number of methoxy groups -OCH3 is 1. The molecule has 0 aliphatic rings. The molecule has 4 aromatic carbocycles. The topological polar surface area (TPSA) is 71.1 Å². The van der Waals surface area contributed by atoms with E-state index in [1.165, 1.54) is 0 Å². The van der Waals surface area contributed by atoms with Crippen LogP contribution in [0.5, 0.6) is 17.2 Å². The third-order valence-electron chi connectivity index (χ3n) is 6.05. The smallest absolute Gasteiger partial charge is 0.307 e. The summed E-state index contributed by atoms with van der Waals surface area (Å²) < 4.78 is 52.1. The van der Waals surface area contributed by atoms with Crippen molar-refractivity contribution < 1.29 is 26.3 Å². The Hall–Kier alpha value is -3.46. The second kappa shape index (κ2) is 12.0. The van der Waals surface area contributed by atoms with Crippen LogP contribution >= 0.6 is 10.3 Å². The first-order valence-electron chi connectivity index (χ1n) is 13.7. The van der Waals surface area contributed by atoms with Gasteiger partial charge in [-0.1, -0.05) is 17.7 Å². The Balaban J connectivity index is 1.97. The Kier molecular flexibility index (Phi) is 9.02. The maximum Gasteiger partial charge on any atom is 0.307 e. The van der Waals surface area contributed by atoms with Crippen LogP contribution in [0.1, 0.15) is 47.1 Å². The Bertz CT molecular complexity index is 1520. The third-order valence-corrected chi connectivity index (χ3v) is 11.2. The van der Waals surface area contributed by atoms with Crippen LogP contribution in [-0.2, 0) is 13.7 Å². The minimum Gasteiger partial charge on any atom is -0.497 e. The molecule has 224 valence electrons. The lowest BCUT2D eigenvalue weighted by molar-refractivity contribution is 0.130. The molecule has 0 saturated heterocycles. The normalized spacial score (nSPS) is 13.0. The van der Waals surface area contributed by atoms with Gasteiger partial charge in [0, 0.05) is 14.7 Å². The quantitative estimate of drug-likeness (QED) is 0.189.